The van der Waals surface area contributed by atoms with Crippen molar-refractivity contribution >= 4 is 40.3 Å². The van der Waals surface area contributed by atoms with Gasteiger partial charge in [-0.3, -0.25) is 4.79 Å². The summed E-state index contributed by atoms with van der Waals surface area (Å²) >= 11 is 2.00. The number of piperazine rings is 1. The normalized spacial score (nSPS) is 14.4. The number of hydrogen-bond acceptors (Lipinski definition) is 5. The Kier molecular flexibility index (Phi) is 6.99. The molecule has 0 unspecified atom stereocenters. The van der Waals surface area contributed by atoms with Gasteiger partial charge in [-0.25, -0.2) is 0 Å². The molecule has 1 amide bonds. The Morgan fingerprint density at radius 3 is 2.55 bits per heavy atom. The zero-order valence-corrected chi connectivity index (χ0v) is 18.3. The lowest BCUT2D eigenvalue weighted by atomic mass is 10.1. The van der Waals surface area contributed by atoms with E-state index < -0.39 is 0 Å². The molecule has 0 aromatic heterocycles. The minimum absolute atomic E-state index is 0.0615. The molecule has 6 nitrogen and oxygen atoms in total. The third-order valence-electron chi connectivity index (χ3n) is 4.70. The van der Waals surface area contributed by atoms with E-state index in [1.807, 2.05) is 53.8 Å². The highest BCUT2D eigenvalue weighted by Crippen LogP contribution is 2.33. The van der Waals surface area contributed by atoms with Crippen LogP contribution in [0.25, 0.3) is 6.08 Å². The number of nitriles is 1. The van der Waals surface area contributed by atoms with Gasteiger partial charge in [-0.05, 0) is 65.4 Å². The van der Waals surface area contributed by atoms with Crippen LogP contribution >= 0.6 is 22.6 Å². The molecule has 1 aliphatic heterocycles. The fourth-order valence-electron chi connectivity index (χ4n) is 3.23. The number of benzene rings is 2. The van der Waals surface area contributed by atoms with Crippen LogP contribution in [-0.2, 0) is 4.79 Å². The van der Waals surface area contributed by atoms with Crippen molar-refractivity contribution in [2.45, 2.75) is 6.92 Å². The quantitative estimate of drug-likeness (QED) is 0.383. The molecule has 7 heteroatoms. The minimum atomic E-state index is -0.277. The number of ether oxygens (including phenoxy) is 1. The molecular weight excluding hydrogens is 481 g/mol. The molecule has 1 heterocycles. The third kappa shape index (κ3) is 5.01. The summed E-state index contributed by atoms with van der Waals surface area (Å²) < 4.78 is 6.03. The van der Waals surface area contributed by atoms with E-state index in [0.29, 0.717) is 34.6 Å². The zero-order chi connectivity index (χ0) is 20.8. The molecule has 3 rings (SSSR count). The number of aromatic hydroxyl groups is 1. The first-order valence-electron chi connectivity index (χ1n) is 9.40. The highest BCUT2D eigenvalue weighted by Gasteiger charge is 2.24. The third-order valence-corrected chi connectivity index (χ3v) is 5.52. The lowest BCUT2D eigenvalue weighted by Crippen LogP contribution is -2.49. The Labute approximate surface area is 184 Å². The van der Waals surface area contributed by atoms with Crippen LogP contribution in [0.2, 0.25) is 0 Å². The second kappa shape index (κ2) is 9.65. The number of para-hydroxylation sites is 1. The predicted octanol–water partition coefficient (Wildman–Crippen LogP) is 3.65. The number of anilines is 1. The Morgan fingerprint density at radius 2 is 1.93 bits per heavy atom. The molecular formula is C22H22IN3O3. The first kappa shape index (κ1) is 21.0. The van der Waals surface area contributed by atoms with E-state index in [1.165, 1.54) is 0 Å². The molecule has 0 atom stereocenters. The molecule has 0 aliphatic carbocycles. The summed E-state index contributed by atoms with van der Waals surface area (Å²) in [5.74, 6) is 0.125. The van der Waals surface area contributed by atoms with Crippen LogP contribution < -0.4 is 9.64 Å². The zero-order valence-electron chi connectivity index (χ0n) is 16.1. The molecule has 0 saturated carbocycles. The SMILES string of the molecule is CCOc1cc(/C=C(/C#N)C(=O)N2CCN(c3ccccc3)CC2)cc(I)c1O. The second-order valence-electron chi connectivity index (χ2n) is 6.57. The average molecular weight is 503 g/mol. The summed E-state index contributed by atoms with van der Waals surface area (Å²) in [6, 6.07) is 15.5. The van der Waals surface area contributed by atoms with Crippen LogP contribution in [0, 0.1) is 14.9 Å². The van der Waals surface area contributed by atoms with Gasteiger partial charge in [0.25, 0.3) is 5.91 Å². The molecule has 1 saturated heterocycles. The van der Waals surface area contributed by atoms with E-state index in [1.54, 1.807) is 23.1 Å². The molecule has 2 aromatic rings. The lowest BCUT2D eigenvalue weighted by Gasteiger charge is -2.36. The first-order valence-corrected chi connectivity index (χ1v) is 10.5. The molecule has 1 aliphatic rings. The molecule has 1 fully saturated rings. The van der Waals surface area contributed by atoms with Crippen molar-refractivity contribution in [1.82, 2.24) is 4.90 Å². The average Bonchev–Trinajstić information content (AvgIpc) is 2.76. The summed E-state index contributed by atoms with van der Waals surface area (Å²) in [7, 11) is 0. The topological polar surface area (TPSA) is 76.8 Å². The Balaban J connectivity index is 1.74. The summed E-state index contributed by atoms with van der Waals surface area (Å²) in [5.41, 5.74) is 1.85. The number of rotatable bonds is 5. The van der Waals surface area contributed by atoms with Crippen LogP contribution in [0.3, 0.4) is 0 Å². The second-order valence-corrected chi connectivity index (χ2v) is 7.73. The largest absolute Gasteiger partial charge is 0.504 e. The summed E-state index contributed by atoms with van der Waals surface area (Å²) in [6.07, 6.45) is 1.55. The van der Waals surface area contributed by atoms with Crippen molar-refractivity contribution in [3.05, 3.63) is 57.2 Å². The fourth-order valence-corrected chi connectivity index (χ4v) is 3.85. The number of nitrogens with zero attached hydrogens (tertiary/aromatic N) is 3. The Morgan fingerprint density at radius 1 is 1.24 bits per heavy atom. The van der Waals surface area contributed by atoms with E-state index in [-0.39, 0.29) is 17.2 Å². The standard InChI is InChI=1S/C22H22IN3O3/c1-2-29-20-14-16(13-19(23)21(20)27)12-17(15-24)22(28)26-10-8-25(9-11-26)18-6-4-3-5-7-18/h3-7,12-14,27H,2,8-11H2,1H3/b17-12-. The van der Waals surface area contributed by atoms with Crippen LogP contribution in [0.1, 0.15) is 12.5 Å². The monoisotopic (exact) mass is 503 g/mol. The summed E-state index contributed by atoms with van der Waals surface area (Å²) in [4.78, 5) is 16.8. The first-order chi connectivity index (χ1) is 14.0. The van der Waals surface area contributed by atoms with Gasteiger partial charge >= 0.3 is 0 Å². The van der Waals surface area contributed by atoms with Crippen LogP contribution in [0.5, 0.6) is 11.5 Å². The molecule has 0 bridgehead atoms. The van der Waals surface area contributed by atoms with Gasteiger partial charge in [0.1, 0.15) is 11.6 Å². The van der Waals surface area contributed by atoms with Gasteiger partial charge < -0.3 is 19.6 Å². The van der Waals surface area contributed by atoms with Crippen LogP contribution in [-0.4, -0.2) is 48.7 Å². The number of carbonyl (C=O) groups is 1. The van der Waals surface area contributed by atoms with E-state index in [9.17, 15) is 15.2 Å². The molecule has 150 valence electrons. The van der Waals surface area contributed by atoms with Crippen LogP contribution in [0.15, 0.2) is 48.0 Å². The maximum atomic E-state index is 12.9. The van der Waals surface area contributed by atoms with Gasteiger partial charge in [-0.2, -0.15) is 5.26 Å². The van der Waals surface area contributed by atoms with E-state index in [4.69, 9.17) is 4.74 Å². The summed E-state index contributed by atoms with van der Waals surface area (Å²) in [5, 5.41) is 19.6. The van der Waals surface area contributed by atoms with Crippen molar-refractivity contribution in [2.24, 2.45) is 0 Å². The highest BCUT2D eigenvalue weighted by molar-refractivity contribution is 14.1. The van der Waals surface area contributed by atoms with Crippen molar-refractivity contribution < 1.29 is 14.6 Å². The minimum Gasteiger partial charge on any atom is -0.504 e. The number of hydrogen-bond donors (Lipinski definition) is 1. The highest BCUT2D eigenvalue weighted by atomic mass is 127. The van der Waals surface area contributed by atoms with Gasteiger partial charge in [0.05, 0.1) is 10.2 Å². The summed E-state index contributed by atoms with van der Waals surface area (Å²) in [6.45, 7) is 4.80. The Hall–Kier alpha value is -2.73. The lowest BCUT2D eigenvalue weighted by molar-refractivity contribution is -0.126. The molecule has 2 aromatic carbocycles. The fraction of sp³-hybridized carbons (Fsp3) is 0.273. The molecule has 0 radical (unpaired) electrons. The maximum absolute atomic E-state index is 12.9. The van der Waals surface area contributed by atoms with E-state index in [2.05, 4.69) is 17.0 Å². The van der Waals surface area contributed by atoms with Gasteiger partial charge in [0.15, 0.2) is 11.5 Å². The number of carbonyl (C=O) groups excluding carboxylic acids is 1. The number of halogens is 1. The van der Waals surface area contributed by atoms with Crippen molar-refractivity contribution in [3.8, 4) is 17.6 Å². The van der Waals surface area contributed by atoms with Crippen molar-refractivity contribution in [2.75, 3.05) is 37.7 Å². The predicted molar refractivity (Wildman–Crippen MR) is 121 cm³/mol. The molecule has 29 heavy (non-hydrogen) atoms. The van der Waals surface area contributed by atoms with E-state index >= 15 is 0 Å². The Bertz CT molecular complexity index is 946. The number of phenols is 1. The van der Waals surface area contributed by atoms with E-state index in [0.717, 1.165) is 18.8 Å². The van der Waals surface area contributed by atoms with Gasteiger partial charge in [-0.1, -0.05) is 18.2 Å². The number of phenolic OH excluding ortho intramolecular Hbond substituents is 1. The molecule has 0 spiro atoms. The van der Waals surface area contributed by atoms with Gasteiger partial charge in [0.2, 0.25) is 0 Å². The van der Waals surface area contributed by atoms with Crippen LogP contribution in [0.4, 0.5) is 5.69 Å². The van der Waals surface area contributed by atoms with Crippen molar-refractivity contribution in [1.29, 1.82) is 5.26 Å². The van der Waals surface area contributed by atoms with Crippen molar-refractivity contribution in [3.63, 3.8) is 0 Å². The number of amides is 1. The van der Waals surface area contributed by atoms with Gasteiger partial charge in [0, 0.05) is 31.9 Å². The molecule has 1 N–H and O–H groups in total. The van der Waals surface area contributed by atoms with Gasteiger partial charge in [-0.15, -0.1) is 0 Å². The smallest absolute Gasteiger partial charge is 0.264 e. The maximum Gasteiger partial charge on any atom is 0.264 e.